The highest BCUT2D eigenvalue weighted by Gasteiger charge is 2.07. The van der Waals surface area contributed by atoms with Crippen molar-refractivity contribution in [1.29, 1.82) is 0 Å². The lowest BCUT2D eigenvalue weighted by Crippen LogP contribution is -2.30. The zero-order chi connectivity index (χ0) is 12.0. The van der Waals surface area contributed by atoms with Crippen molar-refractivity contribution >= 4 is 5.91 Å². The van der Waals surface area contributed by atoms with Gasteiger partial charge in [-0.1, -0.05) is 6.92 Å². The van der Waals surface area contributed by atoms with Crippen molar-refractivity contribution in [3.05, 3.63) is 34.2 Å². The molecule has 0 radical (unpaired) electrons. The summed E-state index contributed by atoms with van der Waals surface area (Å²) in [6, 6.07) is 2.84. The highest BCUT2D eigenvalue weighted by Crippen LogP contribution is 1.96. The van der Waals surface area contributed by atoms with Gasteiger partial charge in [-0.2, -0.15) is 0 Å². The summed E-state index contributed by atoms with van der Waals surface area (Å²) in [6.45, 7) is 3.09. The van der Waals surface area contributed by atoms with Crippen LogP contribution in [0.15, 0.2) is 23.1 Å². The van der Waals surface area contributed by atoms with E-state index in [4.69, 9.17) is 4.74 Å². The van der Waals surface area contributed by atoms with Crippen LogP contribution in [0, 0.1) is 5.92 Å². The Morgan fingerprint density at radius 2 is 2.38 bits per heavy atom. The summed E-state index contributed by atoms with van der Waals surface area (Å²) in [5, 5.41) is 2.74. The van der Waals surface area contributed by atoms with E-state index in [1.165, 1.54) is 12.3 Å². The first-order valence-corrected chi connectivity index (χ1v) is 5.09. The maximum absolute atomic E-state index is 11.6. The van der Waals surface area contributed by atoms with Gasteiger partial charge in [-0.15, -0.1) is 0 Å². The Bertz CT molecular complexity index is 400. The van der Waals surface area contributed by atoms with Crippen LogP contribution in [0.3, 0.4) is 0 Å². The van der Waals surface area contributed by atoms with Gasteiger partial charge in [0.05, 0.1) is 6.61 Å². The Labute approximate surface area is 93.8 Å². The monoisotopic (exact) mass is 224 g/mol. The van der Waals surface area contributed by atoms with E-state index >= 15 is 0 Å². The molecule has 0 aliphatic carbocycles. The zero-order valence-electron chi connectivity index (χ0n) is 9.45. The largest absolute Gasteiger partial charge is 0.384 e. The van der Waals surface area contributed by atoms with Crippen LogP contribution in [0.4, 0.5) is 0 Å². The molecular weight excluding hydrogens is 208 g/mol. The molecule has 1 atom stereocenters. The average Bonchev–Trinajstić information content (AvgIpc) is 2.26. The fourth-order valence-electron chi connectivity index (χ4n) is 1.30. The summed E-state index contributed by atoms with van der Waals surface area (Å²) in [4.78, 5) is 25.0. The maximum atomic E-state index is 11.6. The molecule has 1 rings (SSSR count). The number of H-pyrrole nitrogens is 1. The van der Waals surface area contributed by atoms with Crippen LogP contribution in [0.2, 0.25) is 0 Å². The Kier molecular flexibility index (Phi) is 4.72. The molecule has 0 saturated heterocycles. The number of carbonyl (C=O) groups excluding carboxylic acids is 1. The van der Waals surface area contributed by atoms with Crippen molar-refractivity contribution in [2.75, 3.05) is 20.3 Å². The second-order valence-corrected chi connectivity index (χ2v) is 3.71. The molecule has 1 heterocycles. The molecule has 0 aromatic carbocycles. The third kappa shape index (κ3) is 3.86. The van der Waals surface area contributed by atoms with Gasteiger partial charge in [0.15, 0.2) is 0 Å². The van der Waals surface area contributed by atoms with Gasteiger partial charge in [0.2, 0.25) is 5.56 Å². The van der Waals surface area contributed by atoms with Crippen molar-refractivity contribution in [1.82, 2.24) is 10.3 Å². The van der Waals surface area contributed by atoms with Crippen molar-refractivity contribution in [3.8, 4) is 0 Å². The van der Waals surface area contributed by atoms with Crippen LogP contribution in [0.5, 0.6) is 0 Å². The molecule has 5 nitrogen and oxygen atoms in total. The summed E-state index contributed by atoms with van der Waals surface area (Å²) in [5.74, 6) is 0.00463. The van der Waals surface area contributed by atoms with E-state index in [0.717, 1.165) is 0 Å². The Balaban J connectivity index is 2.50. The van der Waals surface area contributed by atoms with Gasteiger partial charge in [-0.25, -0.2) is 0 Å². The normalized spacial score (nSPS) is 12.1. The number of methoxy groups -OCH3 is 1. The van der Waals surface area contributed by atoms with Crippen LogP contribution >= 0.6 is 0 Å². The van der Waals surface area contributed by atoms with Gasteiger partial charge in [-0.05, 0) is 12.0 Å². The van der Waals surface area contributed by atoms with Crippen molar-refractivity contribution in [2.24, 2.45) is 5.92 Å². The smallest absolute Gasteiger partial charge is 0.251 e. The number of nitrogens with one attached hydrogen (secondary N) is 2. The number of carbonyl (C=O) groups is 1. The first-order valence-electron chi connectivity index (χ1n) is 5.09. The van der Waals surface area contributed by atoms with E-state index in [9.17, 15) is 9.59 Å². The summed E-state index contributed by atoms with van der Waals surface area (Å²) < 4.78 is 4.95. The van der Waals surface area contributed by atoms with Crippen LogP contribution in [-0.2, 0) is 4.74 Å². The molecule has 0 saturated carbocycles. The number of rotatable bonds is 5. The predicted octanol–water partition coefficient (Wildman–Crippen LogP) is 0.387. The minimum absolute atomic E-state index is 0.242. The van der Waals surface area contributed by atoms with Crippen LogP contribution < -0.4 is 10.9 Å². The van der Waals surface area contributed by atoms with E-state index < -0.39 is 0 Å². The second-order valence-electron chi connectivity index (χ2n) is 3.71. The number of hydrogen-bond acceptors (Lipinski definition) is 3. The fourth-order valence-corrected chi connectivity index (χ4v) is 1.30. The molecule has 1 aromatic heterocycles. The van der Waals surface area contributed by atoms with E-state index in [0.29, 0.717) is 18.7 Å². The number of amides is 1. The predicted molar refractivity (Wildman–Crippen MR) is 60.4 cm³/mol. The van der Waals surface area contributed by atoms with Gasteiger partial charge in [0, 0.05) is 31.5 Å². The molecule has 5 heteroatoms. The highest BCUT2D eigenvalue weighted by atomic mass is 16.5. The lowest BCUT2D eigenvalue weighted by atomic mass is 10.2. The molecule has 0 aliphatic heterocycles. The third-order valence-corrected chi connectivity index (χ3v) is 2.10. The van der Waals surface area contributed by atoms with Gasteiger partial charge in [0.1, 0.15) is 0 Å². The highest BCUT2D eigenvalue weighted by molar-refractivity contribution is 5.93. The minimum Gasteiger partial charge on any atom is -0.384 e. The van der Waals surface area contributed by atoms with Crippen molar-refractivity contribution < 1.29 is 9.53 Å². The number of ether oxygens (including phenoxy) is 1. The van der Waals surface area contributed by atoms with E-state index in [-0.39, 0.29) is 17.4 Å². The van der Waals surface area contributed by atoms with E-state index in [2.05, 4.69) is 10.3 Å². The molecule has 0 aliphatic rings. The molecule has 1 aromatic rings. The molecule has 0 bridgehead atoms. The SMILES string of the molecule is COCC(C)CNC(=O)c1cc[nH]c(=O)c1. The first kappa shape index (κ1) is 12.4. The van der Waals surface area contributed by atoms with Crippen molar-refractivity contribution in [2.45, 2.75) is 6.92 Å². The molecule has 16 heavy (non-hydrogen) atoms. The maximum Gasteiger partial charge on any atom is 0.251 e. The third-order valence-electron chi connectivity index (χ3n) is 2.10. The average molecular weight is 224 g/mol. The number of hydrogen-bond donors (Lipinski definition) is 2. The van der Waals surface area contributed by atoms with Crippen LogP contribution in [0.25, 0.3) is 0 Å². The number of aromatic amines is 1. The van der Waals surface area contributed by atoms with Gasteiger partial charge < -0.3 is 15.0 Å². The zero-order valence-corrected chi connectivity index (χ0v) is 9.45. The van der Waals surface area contributed by atoms with Gasteiger partial charge in [0.25, 0.3) is 5.91 Å². The molecule has 0 spiro atoms. The Morgan fingerprint density at radius 3 is 3.00 bits per heavy atom. The molecule has 0 fully saturated rings. The topological polar surface area (TPSA) is 71.2 Å². The molecule has 88 valence electrons. The Hall–Kier alpha value is -1.62. The lowest BCUT2D eigenvalue weighted by Gasteiger charge is -2.11. The lowest BCUT2D eigenvalue weighted by molar-refractivity contribution is 0.0934. The quantitative estimate of drug-likeness (QED) is 0.760. The molecule has 2 N–H and O–H groups in total. The second kappa shape index (κ2) is 6.07. The van der Waals surface area contributed by atoms with E-state index in [1.54, 1.807) is 13.2 Å². The summed E-state index contributed by atoms with van der Waals surface area (Å²) in [5.41, 5.74) is 0.0888. The molecular formula is C11H16N2O3. The summed E-state index contributed by atoms with van der Waals surface area (Å²) in [7, 11) is 1.62. The first-order chi connectivity index (χ1) is 7.63. The van der Waals surface area contributed by atoms with Crippen LogP contribution in [-0.4, -0.2) is 31.2 Å². The summed E-state index contributed by atoms with van der Waals surface area (Å²) in [6.07, 6.45) is 1.45. The fraction of sp³-hybridized carbons (Fsp3) is 0.455. The molecule has 1 unspecified atom stereocenters. The summed E-state index contributed by atoms with van der Waals surface area (Å²) >= 11 is 0. The molecule has 1 amide bonds. The standard InChI is InChI=1S/C11H16N2O3/c1-8(7-16-2)6-13-11(15)9-3-4-12-10(14)5-9/h3-5,8H,6-7H2,1-2H3,(H,12,14)(H,13,15). The van der Waals surface area contributed by atoms with Gasteiger partial charge in [-0.3, -0.25) is 9.59 Å². The Morgan fingerprint density at radius 1 is 1.62 bits per heavy atom. The van der Waals surface area contributed by atoms with Gasteiger partial charge >= 0.3 is 0 Å². The van der Waals surface area contributed by atoms with Crippen LogP contribution in [0.1, 0.15) is 17.3 Å². The van der Waals surface area contributed by atoms with E-state index in [1.807, 2.05) is 6.92 Å². The van der Waals surface area contributed by atoms with Crippen molar-refractivity contribution in [3.63, 3.8) is 0 Å². The number of aromatic nitrogens is 1. The number of pyridine rings is 1. The minimum atomic E-state index is -0.280.